The van der Waals surface area contributed by atoms with Crippen molar-refractivity contribution in [1.82, 2.24) is 9.88 Å². The first-order chi connectivity index (χ1) is 12.8. The second-order valence-electron chi connectivity index (χ2n) is 6.29. The summed E-state index contributed by atoms with van der Waals surface area (Å²) >= 11 is 0. The minimum absolute atomic E-state index is 1.16. The molecule has 0 atom stereocenters. The van der Waals surface area contributed by atoms with Crippen LogP contribution >= 0.6 is 0 Å². The largest absolute Gasteiger partial charge is 0.392 e. The zero-order chi connectivity index (χ0) is 17.9. The molecular formula is C24H22N2. The Morgan fingerprint density at radius 2 is 1.54 bits per heavy atom. The molecular weight excluding hydrogens is 316 g/mol. The topological polar surface area (TPSA) is 17.0 Å². The summed E-state index contributed by atoms with van der Waals surface area (Å²) in [6.07, 6.45) is 4.26. The maximum atomic E-state index is 3.21. The van der Waals surface area contributed by atoms with Crippen LogP contribution in [0.1, 0.15) is 6.92 Å². The van der Waals surface area contributed by atoms with Crippen LogP contribution in [0.5, 0.6) is 0 Å². The van der Waals surface area contributed by atoms with Gasteiger partial charge in [-0.1, -0.05) is 66.7 Å². The maximum Gasteiger partial charge on any atom is 0.0694 e. The molecule has 0 aliphatic rings. The number of para-hydroxylation sites is 1. The maximum absolute atomic E-state index is 3.21. The van der Waals surface area contributed by atoms with E-state index in [0.29, 0.717) is 0 Å². The van der Waals surface area contributed by atoms with Crippen LogP contribution < -0.4 is 15.9 Å². The molecule has 2 heteroatoms. The van der Waals surface area contributed by atoms with Crippen molar-refractivity contribution in [3.63, 3.8) is 0 Å². The highest BCUT2D eigenvalue weighted by atomic mass is 15.0. The molecule has 0 amide bonds. The molecule has 0 saturated carbocycles. The van der Waals surface area contributed by atoms with E-state index in [1.54, 1.807) is 0 Å². The van der Waals surface area contributed by atoms with E-state index in [0.717, 1.165) is 5.69 Å². The zero-order valence-corrected chi connectivity index (χ0v) is 15.1. The first kappa shape index (κ1) is 16.2. The molecule has 1 N–H and O–H groups in total. The molecule has 3 aromatic carbocycles. The Morgan fingerprint density at radius 3 is 2.31 bits per heavy atom. The van der Waals surface area contributed by atoms with Crippen molar-refractivity contribution in [2.45, 2.75) is 6.92 Å². The second kappa shape index (κ2) is 6.93. The number of hydrogen-bond acceptors (Lipinski definition) is 1. The van der Waals surface area contributed by atoms with Crippen molar-refractivity contribution in [1.29, 1.82) is 0 Å². The summed E-state index contributed by atoms with van der Waals surface area (Å²) in [5.74, 6) is 0. The molecule has 26 heavy (non-hydrogen) atoms. The van der Waals surface area contributed by atoms with Crippen molar-refractivity contribution >= 4 is 23.2 Å². The normalized spacial score (nSPS) is 12.7. The summed E-state index contributed by atoms with van der Waals surface area (Å²) in [5.41, 5.74) is 4.83. The summed E-state index contributed by atoms with van der Waals surface area (Å²) in [6.45, 7) is 2.10. The molecule has 1 heterocycles. The van der Waals surface area contributed by atoms with Crippen LogP contribution in [0.15, 0.2) is 78.9 Å². The van der Waals surface area contributed by atoms with Crippen LogP contribution in [0.4, 0.5) is 0 Å². The number of hydrogen-bond donors (Lipinski definition) is 1. The molecule has 0 aliphatic heterocycles. The van der Waals surface area contributed by atoms with Crippen LogP contribution in [0.2, 0.25) is 0 Å². The van der Waals surface area contributed by atoms with E-state index in [1.165, 1.54) is 32.6 Å². The lowest BCUT2D eigenvalue weighted by Gasteiger charge is -2.09. The smallest absolute Gasteiger partial charge is 0.0694 e. The average Bonchev–Trinajstić information content (AvgIpc) is 3.02. The Hall–Kier alpha value is -3.26. The minimum Gasteiger partial charge on any atom is -0.392 e. The van der Waals surface area contributed by atoms with Gasteiger partial charge in [0.1, 0.15) is 0 Å². The van der Waals surface area contributed by atoms with Crippen molar-refractivity contribution in [2.24, 2.45) is 0 Å². The van der Waals surface area contributed by atoms with Crippen LogP contribution in [0.3, 0.4) is 0 Å². The number of fused-ring (bicyclic) bond motifs is 1. The molecule has 0 spiro atoms. The number of nitrogens with one attached hydrogen (secondary N) is 1. The van der Waals surface area contributed by atoms with Gasteiger partial charge in [-0.15, -0.1) is 0 Å². The highest BCUT2D eigenvalue weighted by Gasteiger charge is 2.09. The predicted molar refractivity (Wildman–Crippen MR) is 112 cm³/mol. The lowest BCUT2D eigenvalue weighted by atomic mass is 10.1. The van der Waals surface area contributed by atoms with E-state index in [2.05, 4.69) is 108 Å². The molecule has 0 saturated heterocycles. The molecule has 0 bridgehead atoms. The molecule has 0 unspecified atom stereocenters. The first-order valence-electron chi connectivity index (χ1n) is 8.92. The van der Waals surface area contributed by atoms with Gasteiger partial charge in [0, 0.05) is 29.5 Å². The van der Waals surface area contributed by atoms with Gasteiger partial charge < -0.3 is 9.88 Å². The fourth-order valence-electron chi connectivity index (χ4n) is 3.60. The van der Waals surface area contributed by atoms with Gasteiger partial charge in [0.15, 0.2) is 0 Å². The van der Waals surface area contributed by atoms with E-state index >= 15 is 0 Å². The van der Waals surface area contributed by atoms with Crippen LogP contribution in [0.25, 0.3) is 40.0 Å². The van der Waals surface area contributed by atoms with Gasteiger partial charge in [-0.05, 0) is 36.2 Å². The van der Waals surface area contributed by atoms with Gasteiger partial charge in [-0.2, -0.15) is 0 Å². The van der Waals surface area contributed by atoms with Gasteiger partial charge in [0.2, 0.25) is 0 Å². The average molecular weight is 338 g/mol. The molecule has 4 aromatic rings. The zero-order valence-electron chi connectivity index (χ0n) is 15.1. The SMILES string of the molecule is C/C=c1\c(=C/NC)n(-c2cccc(-c3ccccc3)c2)c2ccccc12. The third kappa shape index (κ3) is 2.70. The monoisotopic (exact) mass is 338 g/mol. The molecule has 4 rings (SSSR count). The Labute approximate surface area is 153 Å². The Kier molecular flexibility index (Phi) is 4.32. The third-order valence-corrected chi connectivity index (χ3v) is 4.73. The number of benzene rings is 3. The highest BCUT2D eigenvalue weighted by Crippen LogP contribution is 2.23. The van der Waals surface area contributed by atoms with Crippen molar-refractivity contribution in [2.75, 3.05) is 7.05 Å². The number of nitrogens with zero attached hydrogens (tertiary/aromatic N) is 1. The van der Waals surface area contributed by atoms with Crippen molar-refractivity contribution in [3.05, 3.63) is 89.4 Å². The Morgan fingerprint density at radius 1 is 0.808 bits per heavy atom. The van der Waals surface area contributed by atoms with E-state index in [1.807, 2.05) is 7.05 Å². The Balaban J connectivity index is 2.05. The van der Waals surface area contributed by atoms with E-state index < -0.39 is 0 Å². The lowest BCUT2D eigenvalue weighted by molar-refractivity contribution is 1.04. The summed E-state index contributed by atoms with van der Waals surface area (Å²) in [7, 11) is 1.95. The Bertz CT molecular complexity index is 1170. The standard InChI is InChI=1S/C24H22N2/c1-3-21-22-14-7-8-15-23(22)26(24(21)17-25-2)20-13-9-12-19(16-20)18-10-5-4-6-11-18/h3-17,25H,1-2H3/b21-3-,24-17+. The quantitative estimate of drug-likeness (QED) is 0.596. The number of rotatable bonds is 3. The summed E-state index contributed by atoms with van der Waals surface area (Å²) in [5, 5.41) is 6.89. The van der Waals surface area contributed by atoms with Crippen molar-refractivity contribution < 1.29 is 0 Å². The van der Waals surface area contributed by atoms with Gasteiger partial charge in [0.05, 0.1) is 10.9 Å². The van der Waals surface area contributed by atoms with Crippen LogP contribution in [-0.2, 0) is 0 Å². The molecule has 0 aliphatic carbocycles. The van der Waals surface area contributed by atoms with Crippen LogP contribution in [0, 0.1) is 0 Å². The van der Waals surface area contributed by atoms with Gasteiger partial charge in [-0.3, -0.25) is 0 Å². The van der Waals surface area contributed by atoms with Gasteiger partial charge in [0.25, 0.3) is 0 Å². The third-order valence-electron chi connectivity index (χ3n) is 4.73. The fourth-order valence-corrected chi connectivity index (χ4v) is 3.60. The van der Waals surface area contributed by atoms with Gasteiger partial charge >= 0.3 is 0 Å². The first-order valence-corrected chi connectivity index (χ1v) is 8.92. The fraction of sp³-hybridized carbons (Fsp3) is 0.0833. The van der Waals surface area contributed by atoms with Crippen molar-refractivity contribution in [3.8, 4) is 16.8 Å². The van der Waals surface area contributed by atoms with E-state index in [9.17, 15) is 0 Å². The summed E-state index contributed by atoms with van der Waals surface area (Å²) in [4.78, 5) is 0. The van der Waals surface area contributed by atoms with Gasteiger partial charge in [-0.25, -0.2) is 0 Å². The van der Waals surface area contributed by atoms with E-state index in [-0.39, 0.29) is 0 Å². The molecule has 128 valence electrons. The molecule has 0 fully saturated rings. The predicted octanol–water partition coefficient (Wildman–Crippen LogP) is 4.06. The summed E-state index contributed by atoms with van der Waals surface area (Å²) in [6, 6.07) is 27.8. The summed E-state index contributed by atoms with van der Waals surface area (Å²) < 4.78 is 2.33. The van der Waals surface area contributed by atoms with Crippen LogP contribution in [-0.4, -0.2) is 11.6 Å². The second-order valence-corrected chi connectivity index (χ2v) is 6.29. The molecule has 0 radical (unpaired) electrons. The number of aromatic nitrogens is 1. The lowest BCUT2D eigenvalue weighted by Crippen LogP contribution is -2.30. The molecule has 1 aromatic heterocycles. The minimum atomic E-state index is 1.16. The highest BCUT2D eigenvalue weighted by molar-refractivity contribution is 5.84. The molecule has 2 nitrogen and oxygen atoms in total. The van der Waals surface area contributed by atoms with E-state index in [4.69, 9.17) is 0 Å².